The zero-order valence-corrected chi connectivity index (χ0v) is 13.5. The minimum Gasteiger partial charge on any atom is -0.385 e. The molecule has 0 saturated carbocycles. The number of rotatable bonds is 4. The molecular weight excluding hydrogens is 282 g/mol. The summed E-state index contributed by atoms with van der Waals surface area (Å²) >= 11 is 0. The van der Waals surface area contributed by atoms with Gasteiger partial charge in [-0.05, 0) is 31.6 Å². The Bertz CT molecular complexity index is 530. The number of methoxy groups -OCH3 is 1. The van der Waals surface area contributed by atoms with Gasteiger partial charge in [-0.3, -0.25) is 4.79 Å². The van der Waals surface area contributed by atoms with Gasteiger partial charge in [0.15, 0.2) is 0 Å². The molecule has 6 heteroatoms. The number of hydrogen-bond acceptors (Lipinski definition) is 4. The molecule has 2 fully saturated rings. The third-order valence-electron chi connectivity index (χ3n) is 4.88. The minimum atomic E-state index is -0.148. The van der Waals surface area contributed by atoms with Gasteiger partial charge in [0.2, 0.25) is 0 Å². The molecule has 22 heavy (non-hydrogen) atoms. The molecule has 3 heterocycles. The van der Waals surface area contributed by atoms with Gasteiger partial charge >= 0.3 is 0 Å². The van der Waals surface area contributed by atoms with Crippen molar-refractivity contribution in [3.63, 3.8) is 0 Å². The van der Waals surface area contributed by atoms with E-state index >= 15 is 0 Å². The van der Waals surface area contributed by atoms with Crippen LogP contribution in [0.2, 0.25) is 0 Å². The molecule has 122 valence electrons. The quantitative estimate of drug-likeness (QED) is 0.845. The molecular formula is C16H25N3O3. The number of imidazole rings is 1. The van der Waals surface area contributed by atoms with Crippen LogP contribution < -0.4 is 0 Å². The van der Waals surface area contributed by atoms with Crippen LogP contribution in [-0.4, -0.2) is 59.4 Å². The highest BCUT2D eigenvalue weighted by molar-refractivity contribution is 5.92. The molecule has 0 radical (unpaired) electrons. The number of carbonyl (C=O) groups excluding carboxylic acids is 1. The van der Waals surface area contributed by atoms with Gasteiger partial charge in [0.05, 0.1) is 31.3 Å². The number of carbonyl (C=O) groups is 1. The zero-order chi connectivity index (χ0) is 15.6. The first-order chi connectivity index (χ1) is 10.6. The van der Waals surface area contributed by atoms with Crippen molar-refractivity contribution in [2.24, 2.45) is 13.0 Å². The fourth-order valence-corrected chi connectivity index (χ4v) is 3.69. The number of aryl methyl sites for hydroxylation is 1. The molecule has 0 N–H and O–H groups in total. The van der Waals surface area contributed by atoms with Crippen molar-refractivity contribution in [1.82, 2.24) is 14.5 Å². The lowest BCUT2D eigenvalue weighted by Gasteiger charge is -2.39. The Balaban J connectivity index is 1.65. The molecule has 2 atom stereocenters. The van der Waals surface area contributed by atoms with Gasteiger partial charge in [-0.25, -0.2) is 4.98 Å². The molecule has 1 aromatic rings. The lowest BCUT2D eigenvalue weighted by Crippen LogP contribution is -2.50. The molecule has 2 aliphatic heterocycles. The van der Waals surface area contributed by atoms with Crippen molar-refractivity contribution in [2.45, 2.75) is 31.3 Å². The van der Waals surface area contributed by atoms with Crippen LogP contribution in [0.4, 0.5) is 0 Å². The first-order valence-corrected chi connectivity index (χ1v) is 8.02. The van der Waals surface area contributed by atoms with E-state index < -0.39 is 0 Å². The normalized spacial score (nSPS) is 28.5. The fourth-order valence-electron chi connectivity index (χ4n) is 3.69. The van der Waals surface area contributed by atoms with Crippen LogP contribution in [0.1, 0.15) is 36.2 Å². The Kier molecular flexibility index (Phi) is 4.49. The Hall–Kier alpha value is -1.40. The molecule has 1 aromatic heterocycles. The van der Waals surface area contributed by atoms with Crippen LogP contribution in [0, 0.1) is 5.92 Å². The molecule has 2 saturated heterocycles. The summed E-state index contributed by atoms with van der Waals surface area (Å²) in [5.41, 5.74) is 0.497. The predicted octanol–water partition coefficient (Wildman–Crippen LogP) is 1.47. The number of amides is 1. The molecule has 0 aliphatic carbocycles. The Labute approximate surface area is 131 Å². The molecule has 6 nitrogen and oxygen atoms in total. The van der Waals surface area contributed by atoms with Gasteiger partial charge in [0.25, 0.3) is 5.91 Å². The maximum Gasteiger partial charge on any atom is 0.272 e. The third-order valence-corrected chi connectivity index (χ3v) is 4.88. The van der Waals surface area contributed by atoms with Crippen molar-refractivity contribution in [2.75, 3.05) is 33.4 Å². The van der Waals surface area contributed by atoms with Gasteiger partial charge in [-0.2, -0.15) is 0 Å². The molecule has 0 aromatic carbocycles. The second-order valence-corrected chi connectivity index (χ2v) is 6.57. The summed E-state index contributed by atoms with van der Waals surface area (Å²) in [6, 6.07) is 0. The maximum absolute atomic E-state index is 12.7. The largest absolute Gasteiger partial charge is 0.385 e. The van der Waals surface area contributed by atoms with Crippen LogP contribution in [-0.2, 0) is 16.5 Å². The number of ether oxygens (including phenoxy) is 2. The molecule has 1 spiro atoms. The average Bonchev–Trinajstić information content (AvgIpc) is 3.11. The number of nitrogens with zero attached hydrogens (tertiary/aromatic N) is 3. The first kappa shape index (κ1) is 15.5. The van der Waals surface area contributed by atoms with E-state index in [2.05, 4.69) is 4.98 Å². The van der Waals surface area contributed by atoms with E-state index in [0.717, 1.165) is 45.4 Å². The van der Waals surface area contributed by atoms with Crippen LogP contribution in [0.15, 0.2) is 12.5 Å². The van der Waals surface area contributed by atoms with Crippen LogP contribution in [0.3, 0.4) is 0 Å². The number of aromatic nitrogens is 2. The summed E-state index contributed by atoms with van der Waals surface area (Å²) in [5.74, 6) is 0.606. The summed E-state index contributed by atoms with van der Waals surface area (Å²) < 4.78 is 13.1. The summed E-state index contributed by atoms with van der Waals surface area (Å²) in [7, 11) is 3.59. The highest BCUT2D eigenvalue weighted by atomic mass is 16.5. The van der Waals surface area contributed by atoms with Crippen molar-refractivity contribution in [3.8, 4) is 0 Å². The van der Waals surface area contributed by atoms with E-state index in [9.17, 15) is 4.79 Å². The average molecular weight is 307 g/mol. The monoisotopic (exact) mass is 307 g/mol. The van der Waals surface area contributed by atoms with Crippen LogP contribution >= 0.6 is 0 Å². The molecule has 1 amide bonds. The van der Waals surface area contributed by atoms with Crippen molar-refractivity contribution < 1.29 is 14.3 Å². The van der Waals surface area contributed by atoms with Crippen LogP contribution in [0.25, 0.3) is 0 Å². The molecule has 3 rings (SSSR count). The third kappa shape index (κ3) is 3.03. The lowest BCUT2D eigenvalue weighted by molar-refractivity contribution is -0.0452. The van der Waals surface area contributed by atoms with Gasteiger partial charge < -0.3 is 18.9 Å². The topological polar surface area (TPSA) is 56.6 Å². The Morgan fingerprint density at radius 2 is 2.45 bits per heavy atom. The van der Waals surface area contributed by atoms with E-state index in [1.807, 2.05) is 11.9 Å². The number of hydrogen-bond donors (Lipinski definition) is 0. The van der Waals surface area contributed by atoms with Gasteiger partial charge in [-0.15, -0.1) is 0 Å². The highest BCUT2D eigenvalue weighted by Crippen LogP contribution is 2.38. The van der Waals surface area contributed by atoms with E-state index in [1.54, 1.807) is 24.2 Å². The van der Waals surface area contributed by atoms with Crippen molar-refractivity contribution in [3.05, 3.63) is 18.2 Å². The zero-order valence-electron chi connectivity index (χ0n) is 13.5. The van der Waals surface area contributed by atoms with Crippen molar-refractivity contribution >= 4 is 5.91 Å². The summed E-state index contributed by atoms with van der Waals surface area (Å²) in [5, 5.41) is 0. The predicted molar refractivity (Wildman–Crippen MR) is 81.6 cm³/mol. The van der Waals surface area contributed by atoms with Gasteiger partial charge in [0, 0.05) is 27.3 Å². The second-order valence-electron chi connectivity index (χ2n) is 6.57. The maximum atomic E-state index is 12.7. The Morgan fingerprint density at radius 1 is 1.59 bits per heavy atom. The summed E-state index contributed by atoms with van der Waals surface area (Å²) in [6.45, 7) is 3.07. The van der Waals surface area contributed by atoms with E-state index in [0.29, 0.717) is 18.2 Å². The van der Waals surface area contributed by atoms with E-state index in [4.69, 9.17) is 9.47 Å². The smallest absolute Gasteiger partial charge is 0.272 e. The highest BCUT2D eigenvalue weighted by Gasteiger charge is 2.44. The van der Waals surface area contributed by atoms with Crippen molar-refractivity contribution in [1.29, 1.82) is 0 Å². The van der Waals surface area contributed by atoms with E-state index in [1.165, 1.54) is 0 Å². The van der Waals surface area contributed by atoms with Gasteiger partial charge in [-0.1, -0.05) is 0 Å². The van der Waals surface area contributed by atoms with E-state index in [-0.39, 0.29) is 11.5 Å². The molecule has 2 aliphatic rings. The standard InChI is InChI=1S/C16H25N3O3/c1-18-12-17-9-14(18)15(20)19-6-3-5-16(11-19)8-13(10-22-16)4-7-21-2/h9,12-13H,3-8,10-11H2,1-2H3/t13-,16-/m1/s1. The second kappa shape index (κ2) is 6.38. The number of piperidine rings is 1. The number of likely N-dealkylation sites (tertiary alicyclic amines) is 1. The Morgan fingerprint density at radius 3 is 3.18 bits per heavy atom. The summed E-state index contributed by atoms with van der Waals surface area (Å²) in [4.78, 5) is 18.6. The SMILES string of the molecule is COCC[C@H]1CO[C@]2(CCCN(C(=O)c3cncn3C)C2)C1. The van der Waals surface area contributed by atoms with Crippen LogP contribution in [0.5, 0.6) is 0 Å². The fraction of sp³-hybridized carbons (Fsp3) is 0.750. The molecule has 0 bridgehead atoms. The molecule has 0 unspecified atom stereocenters. The summed E-state index contributed by atoms with van der Waals surface area (Å²) in [6.07, 6.45) is 7.42. The van der Waals surface area contributed by atoms with Gasteiger partial charge in [0.1, 0.15) is 5.69 Å². The lowest BCUT2D eigenvalue weighted by atomic mass is 9.85. The minimum absolute atomic E-state index is 0.0583. The first-order valence-electron chi connectivity index (χ1n) is 8.02.